The molecule has 0 radical (unpaired) electrons. The van der Waals surface area contributed by atoms with Crippen LogP contribution in [0.25, 0.3) is 0 Å². The molecule has 0 amide bonds. The largest absolute Gasteiger partial charge is 0.345 e. The van der Waals surface area contributed by atoms with Crippen LogP contribution in [0.15, 0.2) is 53.4 Å². The Labute approximate surface area is 108 Å². The molecule has 0 saturated carbocycles. The highest BCUT2D eigenvalue weighted by Crippen LogP contribution is 2.24. The molecule has 2 rings (SSSR count). The maximum atomic E-state index is 4.30. The number of anilines is 2. The minimum Gasteiger partial charge on any atom is -0.345 e. The Morgan fingerprint density at radius 2 is 1.35 bits per heavy atom. The normalized spacial score (nSPS) is 10.3. The van der Waals surface area contributed by atoms with E-state index in [2.05, 4.69) is 67.9 Å². The summed E-state index contributed by atoms with van der Waals surface area (Å²) in [4.78, 5) is 3.16. The molecular formula is C15H17NS. The molecule has 0 N–H and O–H groups in total. The quantitative estimate of drug-likeness (QED) is 0.786. The summed E-state index contributed by atoms with van der Waals surface area (Å²) >= 11 is 4.30. The van der Waals surface area contributed by atoms with Crippen molar-refractivity contribution in [3.63, 3.8) is 0 Å². The standard InChI is InChI=1S/C15H17NS/c1-3-12-4-6-13(7-5-12)16(2)14-8-10-15(17)11-9-14/h4-11,17H,3H2,1-2H3. The van der Waals surface area contributed by atoms with Crippen LogP contribution >= 0.6 is 12.6 Å². The second-order valence-corrected chi connectivity index (χ2v) is 4.61. The number of aryl methyl sites for hydroxylation is 1. The van der Waals surface area contributed by atoms with E-state index < -0.39 is 0 Å². The minimum atomic E-state index is 0.989. The molecule has 0 aromatic heterocycles. The predicted molar refractivity (Wildman–Crippen MR) is 77.6 cm³/mol. The zero-order chi connectivity index (χ0) is 12.3. The van der Waals surface area contributed by atoms with E-state index in [-0.39, 0.29) is 0 Å². The summed E-state index contributed by atoms with van der Waals surface area (Å²) in [5, 5.41) is 0. The summed E-state index contributed by atoms with van der Waals surface area (Å²) in [6.45, 7) is 2.17. The highest BCUT2D eigenvalue weighted by molar-refractivity contribution is 7.80. The average Bonchev–Trinajstić information content (AvgIpc) is 2.39. The first-order valence-electron chi connectivity index (χ1n) is 5.82. The van der Waals surface area contributed by atoms with E-state index in [1.807, 2.05) is 12.1 Å². The lowest BCUT2D eigenvalue weighted by atomic mass is 10.1. The van der Waals surface area contributed by atoms with Crippen LogP contribution in [0.1, 0.15) is 12.5 Å². The van der Waals surface area contributed by atoms with E-state index in [0.717, 1.165) is 11.3 Å². The van der Waals surface area contributed by atoms with Crippen LogP contribution in [0.2, 0.25) is 0 Å². The Bertz CT molecular complexity index is 473. The molecule has 0 aliphatic carbocycles. The lowest BCUT2D eigenvalue weighted by Crippen LogP contribution is -2.08. The van der Waals surface area contributed by atoms with Crippen molar-refractivity contribution in [2.24, 2.45) is 0 Å². The molecule has 17 heavy (non-hydrogen) atoms. The van der Waals surface area contributed by atoms with Crippen molar-refractivity contribution in [1.29, 1.82) is 0 Å². The number of hydrogen-bond donors (Lipinski definition) is 1. The first kappa shape index (κ1) is 12.1. The van der Waals surface area contributed by atoms with E-state index in [1.165, 1.54) is 16.9 Å². The number of benzene rings is 2. The summed E-state index contributed by atoms with van der Waals surface area (Å²) in [6, 6.07) is 16.9. The molecule has 2 aromatic carbocycles. The van der Waals surface area contributed by atoms with Crippen molar-refractivity contribution >= 4 is 24.0 Å². The van der Waals surface area contributed by atoms with Crippen molar-refractivity contribution in [1.82, 2.24) is 0 Å². The van der Waals surface area contributed by atoms with Gasteiger partial charge in [0.25, 0.3) is 0 Å². The lowest BCUT2D eigenvalue weighted by molar-refractivity contribution is 1.13. The van der Waals surface area contributed by atoms with Gasteiger partial charge in [0.05, 0.1) is 0 Å². The molecule has 1 nitrogen and oxygen atoms in total. The van der Waals surface area contributed by atoms with Crippen molar-refractivity contribution in [2.45, 2.75) is 18.2 Å². The third-order valence-electron chi connectivity index (χ3n) is 2.97. The van der Waals surface area contributed by atoms with E-state index in [1.54, 1.807) is 0 Å². The summed E-state index contributed by atoms with van der Waals surface area (Å²) in [6.07, 6.45) is 1.08. The smallest absolute Gasteiger partial charge is 0.0408 e. The molecule has 2 aromatic rings. The van der Waals surface area contributed by atoms with Crippen LogP contribution < -0.4 is 4.90 Å². The maximum absolute atomic E-state index is 4.30. The fourth-order valence-electron chi connectivity index (χ4n) is 1.78. The van der Waals surface area contributed by atoms with Crippen molar-refractivity contribution < 1.29 is 0 Å². The number of thiol groups is 1. The zero-order valence-electron chi connectivity index (χ0n) is 10.2. The van der Waals surface area contributed by atoms with Crippen LogP contribution in [0, 0.1) is 0 Å². The second kappa shape index (κ2) is 5.28. The van der Waals surface area contributed by atoms with Gasteiger partial charge in [-0.15, -0.1) is 12.6 Å². The molecular weight excluding hydrogens is 226 g/mol. The van der Waals surface area contributed by atoms with Crippen molar-refractivity contribution in [2.75, 3.05) is 11.9 Å². The van der Waals surface area contributed by atoms with Gasteiger partial charge in [0.2, 0.25) is 0 Å². The molecule has 0 saturated heterocycles. The molecule has 0 fully saturated rings. The average molecular weight is 243 g/mol. The first-order valence-corrected chi connectivity index (χ1v) is 6.27. The molecule has 0 aliphatic heterocycles. The molecule has 0 spiro atoms. The predicted octanol–water partition coefficient (Wildman–Crippen LogP) is 4.31. The fourth-order valence-corrected chi connectivity index (χ4v) is 1.93. The van der Waals surface area contributed by atoms with Gasteiger partial charge in [0.15, 0.2) is 0 Å². The summed E-state index contributed by atoms with van der Waals surface area (Å²) in [7, 11) is 2.08. The SMILES string of the molecule is CCc1ccc(N(C)c2ccc(S)cc2)cc1. The Kier molecular flexibility index (Phi) is 3.75. The number of nitrogens with zero attached hydrogens (tertiary/aromatic N) is 1. The molecule has 2 heteroatoms. The van der Waals surface area contributed by atoms with Gasteiger partial charge >= 0.3 is 0 Å². The van der Waals surface area contributed by atoms with Crippen LogP contribution in [0.3, 0.4) is 0 Å². The number of hydrogen-bond acceptors (Lipinski definition) is 2. The Balaban J connectivity index is 2.23. The van der Waals surface area contributed by atoms with Gasteiger partial charge in [-0.3, -0.25) is 0 Å². The van der Waals surface area contributed by atoms with Gasteiger partial charge in [-0.25, -0.2) is 0 Å². The molecule has 0 atom stereocenters. The summed E-state index contributed by atoms with van der Waals surface area (Å²) < 4.78 is 0. The minimum absolute atomic E-state index is 0.989. The van der Waals surface area contributed by atoms with Crippen molar-refractivity contribution in [3.05, 3.63) is 54.1 Å². The van der Waals surface area contributed by atoms with Gasteiger partial charge in [0.1, 0.15) is 0 Å². The highest BCUT2D eigenvalue weighted by atomic mass is 32.1. The second-order valence-electron chi connectivity index (χ2n) is 4.10. The van der Waals surface area contributed by atoms with E-state index in [0.29, 0.717) is 0 Å². The van der Waals surface area contributed by atoms with Gasteiger partial charge in [-0.1, -0.05) is 19.1 Å². The monoisotopic (exact) mass is 243 g/mol. The van der Waals surface area contributed by atoms with E-state index in [4.69, 9.17) is 0 Å². The van der Waals surface area contributed by atoms with Crippen LogP contribution in [-0.4, -0.2) is 7.05 Å². The van der Waals surface area contributed by atoms with Crippen LogP contribution in [-0.2, 0) is 6.42 Å². The third kappa shape index (κ3) is 2.83. The molecule has 0 aliphatic rings. The number of rotatable bonds is 3. The Morgan fingerprint density at radius 3 is 1.82 bits per heavy atom. The molecule has 0 bridgehead atoms. The topological polar surface area (TPSA) is 3.24 Å². The molecule has 88 valence electrons. The van der Waals surface area contributed by atoms with E-state index >= 15 is 0 Å². The van der Waals surface area contributed by atoms with Gasteiger partial charge in [0, 0.05) is 23.3 Å². The van der Waals surface area contributed by atoms with Crippen molar-refractivity contribution in [3.8, 4) is 0 Å². The first-order chi connectivity index (χ1) is 8.20. The lowest BCUT2D eigenvalue weighted by Gasteiger charge is -2.19. The summed E-state index contributed by atoms with van der Waals surface area (Å²) in [5.74, 6) is 0. The highest BCUT2D eigenvalue weighted by Gasteiger charge is 2.03. The van der Waals surface area contributed by atoms with E-state index in [9.17, 15) is 0 Å². The summed E-state index contributed by atoms with van der Waals surface area (Å²) in [5.41, 5.74) is 3.74. The van der Waals surface area contributed by atoms with Crippen LogP contribution in [0.4, 0.5) is 11.4 Å². The van der Waals surface area contributed by atoms with Crippen LogP contribution in [0.5, 0.6) is 0 Å². The van der Waals surface area contributed by atoms with Gasteiger partial charge in [-0.05, 0) is 48.4 Å². The Hall–Kier alpha value is -1.41. The maximum Gasteiger partial charge on any atom is 0.0408 e. The zero-order valence-corrected chi connectivity index (χ0v) is 11.1. The third-order valence-corrected chi connectivity index (χ3v) is 3.27. The van der Waals surface area contributed by atoms with Gasteiger partial charge in [-0.2, -0.15) is 0 Å². The van der Waals surface area contributed by atoms with Gasteiger partial charge < -0.3 is 4.90 Å². The Morgan fingerprint density at radius 1 is 0.882 bits per heavy atom. The molecule has 0 heterocycles. The molecule has 0 unspecified atom stereocenters. The fraction of sp³-hybridized carbons (Fsp3) is 0.200.